The van der Waals surface area contributed by atoms with Crippen LogP contribution in [-0.4, -0.2) is 40.5 Å². The van der Waals surface area contributed by atoms with Crippen LogP contribution in [-0.2, 0) is 0 Å². The van der Waals surface area contributed by atoms with Crippen LogP contribution in [0.3, 0.4) is 0 Å². The highest BCUT2D eigenvalue weighted by atomic mass is 15.1. The monoisotopic (exact) mass is 261 g/mol. The number of hydrogen-bond acceptors (Lipinski definition) is 5. The van der Waals surface area contributed by atoms with Gasteiger partial charge in [0.15, 0.2) is 5.69 Å². The van der Waals surface area contributed by atoms with Gasteiger partial charge in [0.25, 0.3) is 0 Å². The Balaban J connectivity index is 2.30. The lowest BCUT2D eigenvalue weighted by atomic mass is 10.2. The molecule has 1 rings (SSSR count). The highest BCUT2D eigenvalue weighted by Crippen LogP contribution is 2.07. The number of hydrogen-bond donors (Lipinski definition) is 1. The Morgan fingerprint density at radius 2 is 2.05 bits per heavy atom. The van der Waals surface area contributed by atoms with E-state index in [0.717, 1.165) is 31.9 Å². The standard InChI is InChI=1S/C14H23N5/c1-4-19(5-2)8-6-7-12(3)18-14-11-16-13(9-15)10-17-14/h10-12H,4-8H2,1-3H3,(H,17,18). The molecule has 104 valence electrons. The van der Waals surface area contributed by atoms with Gasteiger partial charge < -0.3 is 10.2 Å². The zero-order valence-corrected chi connectivity index (χ0v) is 12.1. The summed E-state index contributed by atoms with van der Waals surface area (Å²) in [5.74, 6) is 0.731. The summed E-state index contributed by atoms with van der Waals surface area (Å²) in [6.45, 7) is 9.88. The zero-order chi connectivity index (χ0) is 14.1. The van der Waals surface area contributed by atoms with Crippen LogP contribution in [0.15, 0.2) is 12.4 Å². The average Bonchev–Trinajstić information content (AvgIpc) is 2.44. The molecule has 0 saturated carbocycles. The predicted molar refractivity (Wildman–Crippen MR) is 76.9 cm³/mol. The first-order valence-corrected chi connectivity index (χ1v) is 6.90. The maximum Gasteiger partial charge on any atom is 0.158 e. The van der Waals surface area contributed by atoms with Gasteiger partial charge in [0.2, 0.25) is 0 Å². The zero-order valence-electron chi connectivity index (χ0n) is 12.1. The Morgan fingerprint density at radius 1 is 1.32 bits per heavy atom. The van der Waals surface area contributed by atoms with Crippen LogP contribution in [0.1, 0.15) is 39.3 Å². The quantitative estimate of drug-likeness (QED) is 0.777. The third-order valence-electron chi connectivity index (χ3n) is 3.17. The first-order valence-electron chi connectivity index (χ1n) is 6.90. The summed E-state index contributed by atoms with van der Waals surface area (Å²) in [5.41, 5.74) is 0.347. The Labute approximate surface area is 115 Å². The minimum absolute atomic E-state index is 0.347. The fourth-order valence-electron chi connectivity index (χ4n) is 1.95. The minimum atomic E-state index is 0.347. The lowest BCUT2D eigenvalue weighted by molar-refractivity contribution is 0.295. The normalized spacial score (nSPS) is 12.2. The van der Waals surface area contributed by atoms with Crippen LogP contribution in [0.2, 0.25) is 0 Å². The van der Waals surface area contributed by atoms with E-state index in [1.807, 2.05) is 6.07 Å². The summed E-state index contributed by atoms with van der Waals surface area (Å²) in [4.78, 5) is 10.6. The molecule has 0 fully saturated rings. The number of rotatable bonds is 8. The van der Waals surface area contributed by atoms with Crippen molar-refractivity contribution in [3.8, 4) is 6.07 Å². The predicted octanol–water partition coefficient (Wildman–Crippen LogP) is 2.27. The van der Waals surface area contributed by atoms with Gasteiger partial charge in [-0.25, -0.2) is 9.97 Å². The Morgan fingerprint density at radius 3 is 2.58 bits per heavy atom. The topological polar surface area (TPSA) is 64.8 Å². The van der Waals surface area contributed by atoms with Gasteiger partial charge in [0, 0.05) is 6.04 Å². The molecule has 1 unspecified atom stereocenters. The van der Waals surface area contributed by atoms with E-state index in [9.17, 15) is 0 Å². The molecule has 1 aromatic heterocycles. The maximum atomic E-state index is 8.65. The Bertz CT molecular complexity index is 391. The van der Waals surface area contributed by atoms with Crippen molar-refractivity contribution in [2.75, 3.05) is 25.0 Å². The van der Waals surface area contributed by atoms with Crippen molar-refractivity contribution in [3.05, 3.63) is 18.1 Å². The van der Waals surface area contributed by atoms with Crippen LogP contribution in [0.25, 0.3) is 0 Å². The number of nitriles is 1. The summed E-state index contributed by atoms with van der Waals surface area (Å²) in [6.07, 6.45) is 5.36. The van der Waals surface area contributed by atoms with E-state index in [0.29, 0.717) is 11.7 Å². The number of nitrogens with one attached hydrogen (secondary N) is 1. The molecule has 0 radical (unpaired) electrons. The van der Waals surface area contributed by atoms with Gasteiger partial charge in [-0.15, -0.1) is 0 Å². The van der Waals surface area contributed by atoms with Crippen LogP contribution in [0, 0.1) is 11.3 Å². The van der Waals surface area contributed by atoms with Crippen molar-refractivity contribution in [2.24, 2.45) is 0 Å². The van der Waals surface area contributed by atoms with Crippen LogP contribution < -0.4 is 5.32 Å². The first-order chi connectivity index (χ1) is 9.19. The summed E-state index contributed by atoms with van der Waals surface area (Å²) >= 11 is 0. The number of nitrogens with zero attached hydrogens (tertiary/aromatic N) is 4. The van der Waals surface area contributed by atoms with Crippen molar-refractivity contribution >= 4 is 5.82 Å². The highest BCUT2D eigenvalue weighted by Gasteiger charge is 2.05. The molecule has 5 heteroatoms. The van der Waals surface area contributed by atoms with Crippen molar-refractivity contribution in [2.45, 2.75) is 39.7 Å². The lowest BCUT2D eigenvalue weighted by Crippen LogP contribution is -2.25. The van der Waals surface area contributed by atoms with E-state index < -0.39 is 0 Å². The van der Waals surface area contributed by atoms with Crippen molar-refractivity contribution < 1.29 is 0 Å². The van der Waals surface area contributed by atoms with Crippen molar-refractivity contribution in [1.82, 2.24) is 14.9 Å². The fraction of sp³-hybridized carbons (Fsp3) is 0.643. The van der Waals surface area contributed by atoms with Gasteiger partial charge in [-0.1, -0.05) is 13.8 Å². The summed E-state index contributed by atoms with van der Waals surface area (Å²) in [5, 5.41) is 11.9. The van der Waals surface area contributed by atoms with Gasteiger partial charge in [-0.2, -0.15) is 5.26 Å². The van der Waals surface area contributed by atoms with Gasteiger partial charge in [0.05, 0.1) is 12.4 Å². The average molecular weight is 261 g/mol. The highest BCUT2D eigenvalue weighted by molar-refractivity contribution is 5.33. The molecule has 0 bridgehead atoms. The smallest absolute Gasteiger partial charge is 0.158 e. The van der Waals surface area contributed by atoms with E-state index >= 15 is 0 Å². The summed E-state index contributed by atoms with van der Waals surface area (Å²) in [7, 11) is 0. The summed E-state index contributed by atoms with van der Waals surface area (Å²) < 4.78 is 0. The van der Waals surface area contributed by atoms with Gasteiger partial charge in [-0.05, 0) is 39.4 Å². The molecular weight excluding hydrogens is 238 g/mol. The molecule has 0 aromatic carbocycles. The van der Waals surface area contributed by atoms with Crippen LogP contribution in [0.4, 0.5) is 5.82 Å². The molecule has 5 nitrogen and oxygen atoms in total. The van der Waals surface area contributed by atoms with Crippen LogP contribution in [0.5, 0.6) is 0 Å². The van der Waals surface area contributed by atoms with Gasteiger partial charge >= 0.3 is 0 Å². The largest absolute Gasteiger partial charge is 0.366 e. The van der Waals surface area contributed by atoms with Crippen molar-refractivity contribution in [1.29, 1.82) is 5.26 Å². The second-order valence-corrected chi connectivity index (χ2v) is 4.61. The van der Waals surface area contributed by atoms with Crippen LogP contribution >= 0.6 is 0 Å². The first kappa shape index (κ1) is 15.4. The molecule has 1 N–H and O–H groups in total. The molecule has 19 heavy (non-hydrogen) atoms. The third-order valence-corrected chi connectivity index (χ3v) is 3.17. The molecule has 0 aliphatic heterocycles. The van der Waals surface area contributed by atoms with E-state index in [-0.39, 0.29) is 0 Å². The van der Waals surface area contributed by atoms with Crippen molar-refractivity contribution in [3.63, 3.8) is 0 Å². The molecular formula is C14H23N5. The van der Waals surface area contributed by atoms with E-state index in [2.05, 4.69) is 41.0 Å². The number of anilines is 1. The third kappa shape index (κ3) is 5.66. The molecule has 0 aliphatic carbocycles. The second kappa shape index (κ2) is 8.44. The molecule has 0 amide bonds. The van der Waals surface area contributed by atoms with Gasteiger partial charge in [-0.3, -0.25) is 0 Å². The molecule has 1 aromatic rings. The maximum absolute atomic E-state index is 8.65. The molecule has 0 aliphatic rings. The molecule has 1 heterocycles. The summed E-state index contributed by atoms with van der Waals surface area (Å²) in [6, 6.07) is 2.32. The molecule has 1 atom stereocenters. The Hall–Kier alpha value is -1.67. The lowest BCUT2D eigenvalue weighted by Gasteiger charge is -2.19. The molecule has 0 spiro atoms. The van der Waals surface area contributed by atoms with Gasteiger partial charge in [0.1, 0.15) is 11.9 Å². The van der Waals surface area contributed by atoms with E-state index in [1.165, 1.54) is 12.6 Å². The number of aromatic nitrogens is 2. The SMILES string of the molecule is CCN(CC)CCCC(C)Nc1cnc(C#N)cn1. The molecule has 0 saturated heterocycles. The Kier molecular flexibility index (Phi) is 6.83. The van der Waals surface area contributed by atoms with E-state index in [4.69, 9.17) is 5.26 Å². The van der Waals surface area contributed by atoms with E-state index in [1.54, 1.807) is 6.20 Å². The fourth-order valence-corrected chi connectivity index (χ4v) is 1.95. The second-order valence-electron chi connectivity index (χ2n) is 4.61. The minimum Gasteiger partial charge on any atom is -0.366 e.